The molecule has 4 nitrogen and oxygen atoms in total. The monoisotopic (exact) mass is 224 g/mol. The van der Waals surface area contributed by atoms with Crippen LogP contribution in [0.2, 0.25) is 0 Å². The Morgan fingerprint density at radius 1 is 1.31 bits per heavy atom. The van der Waals surface area contributed by atoms with Gasteiger partial charge in [0.15, 0.2) is 0 Å². The number of fused-ring (bicyclic) bond motifs is 1. The molecule has 1 aliphatic heterocycles. The van der Waals surface area contributed by atoms with Crippen molar-refractivity contribution in [3.8, 4) is 11.5 Å². The van der Waals surface area contributed by atoms with Crippen molar-refractivity contribution in [1.29, 1.82) is 0 Å². The maximum Gasteiger partial charge on any atom is 0.132 e. The molecule has 1 aromatic rings. The maximum absolute atomic E-state index is 9.96. The second-order valence-corrected chi connectivity index (χ2v) is 4.50. The van der Waals surface area contributed by atoms with Gasteiger partial charge < -0.3 is 19.7 Å². The van der Waals surface area contributed by atoms with E-state index in [4.69, 9.17) is 9.47 Å². The predicted molar refractivity (Wildman–Crippen MR) is 58.7 cm³/mol. The minimum atomic E-state index is -0.937. The average Bonchev–Trinajstić information content (AvgIpc) is 2.25. The first-order chi connectivity index (χ1) is 7.45. The number of hydrogen-bond donors (Lipinski definition) is 2. The molecule has 2 rings (SSSR count). The summed E-state index contributed by atoms with van der Waals surface area (Å²) in [6, 6.07) is 5.15. The van der Waals surface area contributed by atoms with Gasteiger partial charge in [0.25, 0.3) is 0 Å². The lowest BCUT2D eigenvalue weighted by Crippen LogP contribution is -2.48. The Balaban J connectivity index is 2.46. The molecule has 1 aromatic carbocycles. The molecular weight excluding hydrogens is 208 g/mol. The summed E-state index contributed by atoms with van der Waals surface area (Å²) in [5, 5.41) is 19.8. The average molecular weight is 224 g/mol. The number of aliphatic hydroxyl groups excluding tert-OH is 2. The molecule has 2 atom stereocenters. The van der Waals surface area contributed by atoms with Crippen LogP contribution in [0.15, 0.2) is 18.2 Å². The van der Waals surface area contributed by atoms with Crippen LogP contribution in [0.4, 0.5) is 0 Å². The molecule has 0 fully saturated rings. The second kappa shape index (κ2) is 3.64. The molecule has 0 unspecified atom stereocenters. The van der Waals surface area contributed by atoms with Crippen LogP contribution in [0.25, 0.3) is 0 Å². The van der Waals surface area contributed by atoms with Crippen molar-refractivity contribution < 1.29 is 19.7 Å². The van der Waals surface area contributed by atoms with Gasteiger partial charge in [-0.2, -0.15) is 0 Å². The Hall–Kier alpha value is -1.26. The zero-order chi connectivity index (χ0) is 11.9. The molecule has 2 N–H and O–H groups in total. The summed E-state index contributed by atoms with van der Waals surface area (Å²) in [5.41, 5.74) is -0.216. The highest BCUT2D eigenvalue weighted by Crippen LogP contribution is 2.41. The Morgan fingerprint density at radius 3 is 2.62 bits per heavy atom. The predicted octanol–water partition coefficient (Wildman–Crippen LogP) is 1.26. The van der Waals surface area contributed by atoms with Crippen LogP contribution in [-0.4, -0.2) is 29.0 Å². The first kappa shape index (κ1) is 11.2. The Labute approximate surface area is 94.4 Å². The van der Waals surface area contributed by atoms with Crippen molar-refractivity contribution in [2.45, 2.75) is 31.7 Å². The number of methoxy groups -OCH3 is 1. The summed E-state index contributed by atoms with van der Waals surface area (Å²) in [6.45, 7) is 3.48. The lowest BCUT2D eigenvalue weighted by Gasteiger charge is -2.40. The highest BCUT2D eigenvalue weighted by atomic mass is 16.5. The lowest BCUT2D eigenvalue weighted by molar-refractivity contribution is -0.111. The molecule has 0 aromatic heterocycles. The number of hydrogen-bond acceptors (Lipinski definition) is 4. The first-order valence-electron chi connectivity index (χ1n) is 5.19. The third kappa shape index (κ3) is 1.64. The Morgan fingerprint density at radius 2 is 2.00 bits per heavy atom. The molecule has 0 spiro atoms. The van der Waals surface area contributed by atoms with E-state index in [1.165, 1.54) is 0 Å². The van der Waals surface area contributed by atoms with Gasteiger partial charge in [-0.05, 0) is 26.0 Å². The minimum absolute atomic E-state index is 0.558. The van der Waals surface area contributed by atoms with Gasteiger partial charge in [-0.25, -0.2) is 0 Å². The molecule has 4 heteroatoms. The Kier molecular flexibility index (Phi) is 2.56. The van der Waals surface area contributed by atoms with Gasteiger partial charge in [0.2, 0.25) is 0 Å². The molecule has 0 radical (unpaired) electrons. The largest absolute Gasteiger partial charge is 0.497 e. The van der Waals surface area contributed by atoms with E-state index < -0.39 is 17.8 Å². The van der Waals surface area contributed by atoms with E-state index in [-0.39, 0.29) is 0 Å². The van der Waals surface area contributed by atoms with E-state index in [0.717, 1.165) is 0 Å². The van der Waals surface area contributed by atoms with E-state index in [9.17, 15) is 10.2 Å². The normalized spacial score (nSPS) is 26.8. The molecule has 88 valence electrons. The van der Waals surface area contributed by atoms with E-state index in [0.29, 0.717) is 17.1 Å². The van der Waals surface area contributed by atoms with Crippen molar-refractivity contribution in [3.05, 3.63) is 23.8 Å². The van der Waals surface area contributed by atoms with Crippen LogP contribution >= 0.6 is 0 Å². The fraction of sp³-hybridized carbons (Fsp3) is 0.500. The molecule has 0 saturated heterocycles. The van der Waals surface area contributed by atoms with Crippen molar-refractivity contribution in [3.63, 3.8) is 0 Å². The third-order valence-electron chi connectivity index (χ3n) is 2.92. The first-order valence-corrected chi connectivity index (χ1v) is 5.19. The van der Waals surface area contributed by atoms with Gasteiger partial charge in [-0.15, -0.1) is 0 Å². The van der Waals surface area contributed by atoms with Crippen molar-refractivity contribution in [2.24, 2.45) is 0 Å². The topological polar surface area (TPSA) is 58.9 Å². The highest BCUT2D eigenvalue weighted by Gasteiger charge is 2.42. The molecule has 1 heterocycles. The molecule has 1 aliphatic rings. The van der Waals surface area contributed by atoms with Gasteiger partial charge in [0.1, 0.15) is 29.3 Å². The quantitative estimate of drug-likeness (QED) is 0.754. The number of aliphatic hydroxyl groups is 2. The summed E-state index contributed by atoms with van der Waals surface area (Å²) in [5.74, 6) is 1.22. The van der Waals surface area contributed by atoms with Crippen molar-refractivity contribution in [2.75, 3.05) is 7.11 Å². The standard InChI is InChI=1S/C12H16O4/c1-12(2)11(14)10(13)8-5-4-7(15-3)6-9(8)16-12/h4-6,10-11,13-14H,1-3H3/t10-,11+/m1/s1. The third-order valence-corrected chi connectivity index (χ3v) is 2.92. The zero-order valence-corrected chi connectivity index (χ0v) is 9.60. The number of benzene rings is 1. The van der Waals surface area contributed by atoms with E-state index in [1.807, 2.05) is 0 Å². The van der Waals surface area contributed by atoms with Gasteiger partial charge in [0, 0.05) is 11.6 Å². The van der Waals surface area contributed by atoms with Gasteiger partial charge in [0.05, 0.1) is 7.11 Å². The minimum Gasteiger partial charge on any atom is -0.497 e. The molecule has 0 aliphatic carbocycles. The highest BCUT2D eigenvalue weighted by molar-refractivity contribution is 5.44. The van der Waals surface area contributed by atoms with Gasteiger partial charge >= 0.3 is 0 Å². The fourth-order valence-corrected chi connectivity index (χ4v) is 1.87. The zero-order valence-electron chi connectivity index (χ0n) is 9.60. The summed E-state index contributed by atoms with van der Waals surface area (Å²) < 4.78 is 10.7. The molecular formula is C12H16O4. The van der Waals surface area contributed by atoms with Crippen LogP contribution in [0.5, 0.6) is 11.5 Å². The van der Waals surface area contributed by atoms with Gasteiger partial charge in [-0.1, -0.05) is 0 Å². The van der Waals surface area contributed by atoms with Crippen molar-refractivity contribution >= 4 is 0 Å². The molecule has 0 saturated carbocycles. The Bertz CT molecular complexity index is 400. The molecule has 0 bridgehead atoms. The maximum atomic E-state index is 9.96. The summed E-state index contributed by atoms with van der Waals surface area (Å²) in [4.78, 5) is 0. The second-order valence-electron chi connectivity index (χ2n) is 4.50. The SMILES string of the molecule is COc1ccc2c(c1)OC(C)(C)[C@@H](O)[C@@H]2O. The van der Waals surface area contributed by atoms with Crippen LogP contribution in [0, 0.1) is 0 Å². The van der Waals surface area contributed by atoms with Crippen LogP contribution in [0.3, 0.4) is 0 Å². The summed E-state index contributed by atoms with van der Waals surface area (Å²) >= 11 is 0. The van der Waals surface area contributed by atoms with Crippen LogP contribution in [0.1, 0.15) is 25.5 Å². The summed E-state index contributed by atoms with van der Waals surface area (Å²) in [6.07, 6.45) is -1.86. The number of ether oxygens (including phenoxy) is 2. The summed E-state index contributed by atoms with van der Waals surface area (Å²) in [7, 11) is 1.57. The fourth-order valence-electron chi connectivity index (χ4n) is 1.87. The molecule has 16 heavy (non-hydrogen) atoms. The smallest absolute Gasteiger partial charge is 0.132 e. The molecule has 0 amide bonds. The number of rotatable bonds is 1. The van der Waals surface area contributed by atoms with Crippen molar-refractivity contribution in [1.82, 2.24) is 0 Å². The van der Waals surface area contributed by atoms with E-state index in [2.05, 4.69) is 0 Å². The lowest BCUT2D eigenvalue weighted by atomic mass is 9.88. The van der Waals surface area contributed by atoms with Gasteiger partial charge in [-0.3, -0.25) is 0 Å². The van der Waals surface area contributed by atoms with Crippen LogP contribution < -0.4 is 9.47 Å². The van der Waals surface area contributed by atoms with E-state index in [1.54, 1.807) is 39.2 Å². The van der Waals surface area contributed by atoms with Crippen LogP contribution in [-0.2, 0) is 0 Å². The van der Waals surface area contributed by atoms with E-state index >= 15 is 0 Å².